The smallest absolute Gasteiger partial charge is 0.243 e. The highest BCUT2D eigenvalue weighted by atomic mass is 32.2. The lowest BCUT2D eigenvalue weighted by Gasteiger charge is -2.32. The molecule has 0 heterocycles. The molecule has 214 valence electrons. The summed E-state index contributed by atoms with van der Waals surface area (Å²) in [5.74, 6) is -0.711. The lowest BCUT2D eigenvalue weighted by atomic mass is 10.0. The van der Waals surface area contributed by atoms with Gasteiger partial charge in [-0.2, -0.15) is 0 Å². The van der Waals surface area contributed by atoms with Gasteiger partial charge in [-0.25, -0.2) is 17.1 Å². The number of nitrogens with zero attached hydrogens (tertiary/aromatic N) is 2. The van der Waals surface area contributed by atoms with Gasteiger partial charge in [0.25, 0.3) is 0 Å². The molecule has 40 heavy (non-hydrogen) atoms. The van der Waals surface area contributed by atoms with E-state index in [1.807, 2.05) is 44.2 Å². The molecule has 1 atom stereocenters. The molecule has 1 N–H and O–H groups in total. The van der Waals surface area contributed by atoms with E-state index in [1.165, 1.54) is 40.5 Å². The second-order valence-electron chi connectivity index (χ2n) is 10.2. The van der Waals surface area contributed by atoms with Crippen molar-refractivity contribution in [3.63, 3.8) is 0 Å². The summed E-state index contributed by atoms with van der Waals surface area (Å²) in [4.78, 5) is 28.9. The van der Waals surface area contributed by atoms with Gasteiger partial charge < -0.3 is 10.2 Å². The molecule has 3 aromatic rings. The monoisotopic (exact) mass is 567 g/mol. The first-order valence-corrected chi connectivity index (χ1v) is 14.9. The van der Waals surface area contributed by atoms with Crippen molar-refractivity contribution >= 4 is 21.8 Å². The highest BCUT2D eigenvalue weighted by Crippen LogP contribution is 2.18. The molecule has 0 aromatic heterocycles. The van der Waals surface area contributed by atoms with Crippen molar-refractivity contribution in [2.75, 3.05) is 20.1 Å². The van der Waals surface area contributed by atoms with Crippen LogP contribution in [0.1, 0.15) is 37.8 Å². The molecule has 0 fully saturated rings. The Morgan fingerprint density at radius 3 is 2.08 bits per heavy atom. The molecule has 3 aromatic carbocycles. The van der Waals surface area contributed by atoms with Gasteiger partial charge >= 0.3 is 0 Å². The Bertz CT molecular complexity index is 1330. The molecule has 0 saturated carbocycles. The van der Waals surface area contributed by atoms with Gasteiger partial charge in [0.2, 0.25) is 21.8 Å². The highest BCUT2D eigenvalue weighted by molar-refractivity contribution is 7.89. The third-order valence-electron chi connectivity index (χ3n) is 6.54. The summed E-state index contributed by atoms with van der Waals surface area (Å²) in [7, 11) is -2.20. The zero-order valence-electron chi connectivity index (χ0n) is 23.3. The second kappa shape index (κ2) is 14.7. The van der Waals surface area contributed by atoms with Crippen molar-refractivity contribution in [3.8, 4) is 0 Å². The molecule has 0 aliphatic heterocycles. The fourth-order valence-corrected chi connectivity index (χ4v) is 5.48. The summed E-state index contributed by atoms with van der Waals surface area (Å²) in [6, 6.07) is 22.7. The third-order valence-corrected chi connectivity index (χ3v) is 8.41. The van der Waals surface area contributed by atoms with E-state index in [9.17, 15) is 22.4 Å². The van der Waals surface area contributed by atoms with E-state index in [0.717, 1.165) is 5.56 Å². The van der Waals surface area contributed by atoms with E-state index in [0.29, 0.717) is 18.5 Å². The van der Waals surface area contributed by atoms with Crippen LogP contribution in [0.3, 0.4) is 0 Å². The van der Waals surface area contributed by atoms with Crippen LogP contribution < -0.4 is 5.32 Å². The Hall–Kier alpha value is -3.56. The first-order chi connectivity index (χ1) is 19.1. The lowest BCUT2D eigenvalue weighted by Crippen LogP contribution is -2.51. The molecular formula is C31H38FN3O4S. The number of halogens is 1. The molecular weight excluding hydrogens is 529 g/mol. The van der Waals surface area contributed by atoms with Crippen molar-refractivity contribution in [3.05, 3.63) is 102 Å². The predicted molar refractivity (Wildman–Crippen MR) is 154 cm³/mol. The van der Waals surface area contributed by atoms with E-state index >= 15 is 0 Å². The molecule has 0 aliphatic carbocycles. The number of rotatable bonds is 14. The largest absolute Gasteiger partial charge is 0.354 e. The van der Waals surface area contributed by atoms with Crippen LogP contribution in [0, 0.1) is 11.7 Å². The molecule has 2 amide bonds. The SMILES string of the molecule is CC(C)CNC(=O)C(Cc1ccccc1)N(Cc1ccc(F)cc1)C(=O)CCCN(C)S(=O)(=O)c1ccccc1. The quantitative estimate of drug-likeness (QED) is 0.308. The molecule has 7 nitrogen and oxygen atoms in total. The number of hydrogen-bond donors (Lipinski definition) is 1. The minimum Gasteiger partial charge on any atom is -0.354 e. The maximum Gasteiger partial charge on any atom is 0.243 e. The van der Waals surface area contributed by atoms with Gasteiger partial charge in [-0.3, -0.25) is 9.59 Å². The van der Waals surface area contributed by atoms with Crippen molar-refractivity contribution in [1.29, 1.82) is 0 Å². The van der Waals surface area contributed by atoms with Gasteiger partial charge in [0, 0.05) is 39.5 Å². The van der Waals surface area contributed by atoms with E-state index in [4.69, 9.17) is 0 Å². The maximum absolute atomic E-state index is 13.7. The summed E-state index contributed by atoms with van der Waals surface area (Å²) in [6.07, 6.45) is 0.617. The molecule has 0 radical (unpaired) electrons. The first-order valence-electron chi connectivity index (χ1n) is 13.4. The number of carbonyl (C=O) groups excluding carboxylic acids is 2. The fraction of sp³-hybridized carbons (Fsp3) is 0.355. The third kappa shape index (κ3) is 8.99. The lowest BCUT2D eigenvalue weighted by molar-refractivity contribution is -0.141. The molecule has 0 spiro atoms. The van der Waals surface area contributed by atoms with Gasteiger partial charge in [-0.05, 0) is 47.7 Å². The molecule has 1 unspecified atom stereocenters. The Balaban J connectivity index is 1.81. The average Bonchev–Trinajstić information content (AvgIpc) is 2.95. The Labute approximate surface area is 237 Å². The van der Waals surface area contributed by atoms with Crippen LogP contribution in [-0.2, 0) is 32.6 Å². The zero-order chi connectivity index (χ0) is 29.1. The summed E-state index contributed by atoms with van der Waals surface area (Å²) in [6.45, 7) is 4.70. The first kappa shape index (κ1) is 31.0. The normalized spacial score (nSPS) is 12.3. The number of amides is 2. The number of hydrogen-bond acceptors (Lipinski definition) is 4. The molecule has 9 heteroatoms. The summed E-state index contributed by atoms with van der Waals surface area (Å²) in [5.41, 5.74) is 1.59. The van der Waals surface area contributed by atoms with E-state index in [-0.39, 0.29) is 54.4 Å². The van der Waals surface area contributed by atoms with Crippen LogP contribution in [0.5, 0.6) is 0 Å². The van der Waals surface area contributed by atoms with Gasteiger partial charge in [0.15, 0.2) is 0 Å². The number of sulfonamides is 1. The molecule has 0 bridgehead atoms. The van der Waals surface area contributed by atoms with Crippen molar-refractivity contribution < 1.29 is 22.4 Å². The highest BCUT2D eigenvalue weighted by Gasteiger charge is 2.30. The summed E-state index contributed by atoms with van der Waals surface area (Å²) < 4.78 is 40.6. The zero-order valence-corrected chi connectivity index (χ0v) is 24.1. The predicted octanol–water partition coefficient (Wildman–Crippen LogP) is 4.64. The Kier molecular flexibility index (Phi) is 11.4. The van der Waals surface area contributed by atoms with Crippen LogP contribution in [0.25, 0.3) is 0 Å². The van der Waals surface area contributed by atoms with Crippen LogP contribution in [0.2, 0.25) is 0 Å². The summed E-state index contributed by atoms with van der Waals surface area (Å²) >= 11 is 0. The van der Waals surface area contributed by atoms with Crippen molar-refractivity contribution in [2.24, 2.45) is 5.92 Å². The minimum atomic E-state index is -3.69. The minimum absolute atomic E-state index is 0.0403. The topological polar surface area (TPSA) is 86.8 Å². The van der Waals surface area contributed by atoms with Crippen LogP contribution in [0.15, 0.2) is 89.8 Å². The number of benzene rings is 3. The standard InChI is InChI=1S/C31H38FN3O4S/c1-24(2)22-33-31(37)29(21-25-11-6-4-7-12-25)35(23-26-16-18-27(32)19-17-26)30(36)15-10-20-34(3)40(38,39)28-13-8-5-9-14-28/h4-9,11-14,16-19,24,29H,10,15,20-23H2,1-3H3,(H,33,37). The van der Waals surface area contributed by atoms with Gasteiger partial charge in [-0.15, -0.1) is 0 Å². The average molecular weight is 568 g/mol. The molecule has 0 aliphatic rings. The van der Waals surface area contributed by atoms with E-state index in [2.05, 4.69) is 5.32 Å². The number of carbonyl (C=O) groups is 2. The second-order valence-corrected chi connectivity index (χ2v) is 12.3. The summed E-state index contributed by atoms with van der Waals surface area (Å²) in [5, 5.41) is 2.96. The number of nitrogens with one attached hydrogen (secondary N) is 1. The fourth-order valence-electron chi connectivity index (χ4n) is 4.25. The van der Waals surface area contributed by atoms with Gasteiger partial charge in [0.1, 0.15) is 11.9 Å². The Morgan fingerprint density at radius 1 is 0.875 bits per heavy atom. The van der Waals surface area contributed by atoms with E-state index in [1.54, 1.807) is 30.3 Å². The molecule has 0 saturated heterocycles. The van der Waals surface area contributed by atoms with Crippen LogP contribution in [-0.4, -0.2) is 55.6 Å². The molecule has 3 rings (SSSR count). The maximum atomic E-state index is 13.7. The van der Waals surface area contributed by atoms with Gasteiger partial charge in [-0.1, -0.05) is 74.5 Å². The van der Waals surface area contributed by atoms with E-state index < -0.39 is 16.1 Å². The van der Waals surface area contributed by atoms with Crippen LogP contribution in [0.4, 0.5) is 4.39 Å². The van der Waals surface area contributed by atoms with Crippen LogP contribution >= 0.6 is 0 Å². The van der Waals surface area contributed by atoms with Gasteiger partial charge in [0.05, 0.1) is 4.90 Å². The van der Waals surface area contributed by atoms with Crippen molar-refractivity contribution in [2.45, 2.75) is 50.6 Å². The Morgan fingerprint density at radius 2 is 1.48 bits per heavy atom. The van der Waals surface area contributed by atoms with Crippen molar-refractivity contribution in [1.82, 2.24) is 14.5 Å².